The van der Waals surface area contributed by atoms with Crippen molar-refractivity contribution >= 4 is 10.1 Å². The highest BCUT2D eigenvalue weighted by Crippen LogP contribution is 2.37. The SMILES string of the molecule is COc1cccc(OS(=O)(=O)Cc2ccc(CC#N)cc2)c1OC. The molecule has 6 nitrogen and oxygen atoms in total. The summed E-state index contributed by atoms with van der Waals surface area (Å²) in [5.74, 6) is 0.372. The number of ether oxygens (including phenoxy) is 2. The number of benzene rings is 2. The van der Waals surface area contributed by atoms with Crippen molar-refractivity contribution in [3.05, 3.63) is 53.6 Å². The Morgan fingerprint density at radius 3 is 2.17 bits per heavy atom. The minimum atomic E-state index is -3.87. The largest absolute Gasteiger partial charge is 0.493 e. The van der Waals surface area contributed by atoms with Crippen molar-refractivity contribution < 1.29 is 22.1 Å². The van der Waals surface area contributed by atoms with Crippen molar-refractivity contribution in [2.75, 3.05) is 14.2 Å². The Morgan fingerprint density at radius 1 is 0.958 bits per heavy atom. The molecule has 0 aliphatic rings. The van der Waals surface area contributed by atoms with Gasteiger partial charge in [0, 0.05) is 0 Å². The van der Waals surface area contributed by atoms with Gasteiger partial charge in [-0.3, -0.25) is 0 Å². The van der Waals surface area contributed by atoms with Gasteiger partial charge in [0.2, 0.25) is 5.75 Å². The summed E-state index contributed by atoms with van der Waals surface area (Å²) in [6, 6.07) is 13.6. The Morgan fingerprint density at radius 2 is 1.58 bits per heavy atom. The minimum Gasteiger partial charge on any atom is -0.493 e. The number of hydrogen-bond donors (Lipinski definition) is 0. The summed E-state index contributed by atoms with van der Waals surface area (Å²) in [5, 5.41) is 8.64. The lowest BCUT2D eigenvalue weighted by Gasteiger charge is -2.13. The van der Waals surface area contributed by atoms with Crippen LogP contribution >= 0.6 is 0 Å². The standard InChI is InChI=1S/C17H17NO5S/c1-21-15-4-3-5-16(17(15)22-2)23-24(19,20)12-14-8-6-13(7-9-14)10-11-18/h3-9H,10,12H2,1-2H3. The molecule has 0 unspecified atom stereocenters. The molecule has 2 rings (SSSR count). The lowest BCUT2D eigenvalue weighted by Crippen LogP contribution is -2.13. The van der Waals surface area contributed by atoms with Crippen LogP contribution in [0.15, 0.2) is 42.5 Å². The summed E-state index contributed by atoms with van der Waals surface area (Å²) >= 11 is 0. The summed E-state index contributed by atoms with van der Waals surface area (Å²) in [7, 11) is -1.01. The van der Waals surface area contributed by atoms with E-state index in [1.165, 1.54) is 20.3 Å². The van der Waals surface area contributed by atoms with Crippen LogP contribution in [0, 0.1) is 11.3 Å². The first-order valence-corrected chi connectivity index (χ1v) is 8.64. The first-order valence-electron chi connectivity index (χ1n) is 7.07. The van der Waals surface area contributed by atoms with Gasteiger partial charge in [-0.15, -0.1) is 0 Å². The van der Waals surface area contributed by atoms with Gasteiger partial charge in [-0.2, -0.15) is 13.7 Å². The molecule has 2 aromatic carbocycles. The molecule has 0 spiro atoms. The van der Waals surface area contributed by atoms with E-state index in [9.17, 15) is 8.42 Å². The van der Waals surface area contributed by atoms with Crippen molar-refractivity contribution in [3.8, 4) is 23.3 Å². The molecule has 0 radical (unpaired) electrons. The maximum absolute atomic E-state index is 12.3. The summed E-state index contributed by atoms with van der Waals surface area (Å²) < 4.78 is 40.0. The molecule has 0 atom stereocenters. The number of nitrogens with zero attached hydrogens (tertiary/aromatic N) is 1. The third kappa shape index (κ3) is 4.40. The molecule has 0 heterocycles. The van der Waals surface area contributed by atoms with Crippen LogP contribution in [0.5, 0.6) is 17.2 Å². The molecule has 0 N–H and O–H groups in total. The number of hydrogen-bond acceptors (Lipinski definition) is 6. The van der Waals surface area contributed by atoms with Gasteiger partial charge in [-0.05, 0) is 23.3 Å². The summed E-state index contributed by atoms with van der Waals surface area (Å²) in [4.78, 5) is 0. The Bertz CT molecular complexity index is 838. The highest BCUT2D eigenvalue weighted by molar-refractivity contribution is 7.86. The zero-order valence-electron chi connectivity index (χ0n) is 13.4. The fourth-order valence-corrected chi connectivity index (χ4v) is 3.20. The zero-order valence-corrected chi connectivity index (χ0v) is 14.2. The third-order valence-electron chi connectivity index (χ3n) is 3.23. The molecular formula is C17H17NO5S. The van der Waals surface area contributed by atoms with Crippen LogP contribution < -0.4 is 13.7 Å². The molecular weight excluding hydrogens is 330 g/mol. The summed E-state index contributed by atoms with van der Waals surface area (Å²) in [6.45, 7) is 0. The lowest BCUT2D eigenvalue weighted by atomic mass is 10.1. The molecule has 0 saturated carbocycles. The van der Waals surface area contributed by atoms with E-state index in [1.54, 1.807) is 36.4 Å². The highest BCUT2D eigenvalue weighted by Gasteiger charge is 2.19. The molecule has 0 aromatic heterocycles. The monoisotopic (exact) mass is 347 g/mol. The van der Waals surface area contributed by atoms with E-state index in [1.807, 2.05) is 6.07 Å². The second-order valence-corrected chi connectivity index (χ2v) is 6.50. The molecule has 126 valence electrons. The average Bonchev–Trinajstić information content (AvgIpc) is 2.56. The molecule has 7 heteroatoms. The Kier molecular flexibility index (Phi) is 5.66. The number of nitriles is 1. The predicted molar refractivity (Wildman–Crippen MR) is 88.6 cm³/mol. The highest BCUT2D eigenvalue weighted by atomic mass is 32.2. The lowest BCUT2D eigenvalue weighted by molar-refractivity contribution is 0.343. The van der Waals surface area contributed by atoms with Crippen LogP contribution in [0.2, 0.25) is 0 Å². The van der Waals surface area contributed by atoms with E-state index in [0.29, 0.717) is 11.3 Å². The molecule has 24 heavy (non-hydrogen) atoms. The molecule has 0 amide bonds. The van der Waals surface area contributed by atoms with Gasteiger partial charge in [-0.1, -0.05) is 30.3 Å². The Hall–Kier alpha value is -2.72. The zero-order chi connectivity index (χ0) is 17.6. The van der Waals surface area contributed by atoms with Crippen LogP contribution in [-0.2, 0) is 22.3 Å². The van der Waals surface area contributed by atoms with E-state index < -0.39 is 10.1 Å². The minimum absolute atomic E-state index is 0.0675. The van der Waals surface area contributed by atoms with Gasteiger partial charge in [0.25, 0.3) is 0 Å². The maximum Gasteiger partial charge on any atom is 0.313 e. The van der Waals surface area contributed by atoms with Crippen LogP contribution in [0.4, 0.5) is 0 Å². The fourth-order valence-electron chi connectivity index (χ4n) is 2.14. The molecule has 0 saturated heterocycles. The van der Waals surface area contributed by atoms with Gasteiger partial charge in [0.1, 0.15) is 5.75 Å². The predicted octanol–water partition coefficient (Wildman–Crippen LogP) is 2.68. The number of para-hydroxylation sites is 1. The van der Waals surface area contributed by atoms with Gasteiger partial charge < -0.3 is 13.7 Å². The molecule has 0 fully saturated rings. The normalized spacial score (nSPS) is 10.7. The van der Waals surface area contributed by atoms with Crippen molar-refractivity contribution in [1.82, 2.24) is 0 Å². The fraction of sp³-hybridized carbons (Fsp3) is 0.235. The van der Waals surface area contributed by atoms with Crippen molar-refractivity contribution in [1.29, 1.82) is 5.26 Å². The second kappa shape index (κ2) is 7.70. The summed E-state index contributed by atoms with van der Waals surface area (Å²) in [5.41, 5.74) is 1.40. The molecule has 2 aromatic rings. The number of methoxy groups -OCH3 is 2. The maximum atomic E-state index is 12.3. The van der Waals surface area contributed by atoms with Crippen LogP contribution in [-0.4, -0.2) is 22.6 Å². The number of rotatable bonds is 7. The van der Waals surface area contributed by atoms with Gasteiger partial charge in [0.15, 0.2) is 11.5 Å². The van der Waals surface area contributed by atoms with Crippen molar-refractivity contribution in [2.45, 2.75) is 12.2 Å². The second-order valence-electron chi connectivity index (χ2n) is 4.93. The van der Waals surface area contributed by atoms with Crippen molar-refractivity contribution in [2.24, 2.45) is 0 Å². The van der Waals surface area contributed by atoms with E-state index in [0.717, 1.165) is 5.56 Å². The van der Waals surface area contributed by atoms with Gasteiger partial charge in [0.05, 0.1) is 26.7 Å². The van der Waals surface area contributed by atoms with E-state index in [4.69, 9.17) is 18.9 Å². The van der Waals surface area contributed by atoms with Gasteiger partial charge in [-0.25, -0.2) is 0 Å². The summed E-state index contributed by atoms with van der Waals surface area (Å²) in [6.07, 6.45) is 0.282. The average molecular weight is 347 g/mol. The first kappa shape index (κ1) is 17.6. The Balaban J connectivity index is 2.18. The first-order chi connectivity index (χ1) is 11.5. The molecule has 0 bridgehead atoms. The quantitative estimate of drug-likeness (QED) is 0.716. The van der Waals surface area contributed by atoms with Gasteiger partial charge >= 0.3 is 10.1 Å². The van der Waals surface area contributed by atoms with E-state index in [-0.39, 0.29) is 23.7 Å². The Labute approximate surface area is 141 Å². The van der Waals surface area contributed by atoms with E-state index in [2.05, 4.69) is 0 Å². The van der Waals surface area contributed by atoms with Crippen LogP contribution in [0.1, 0.15) is 11.1 Å². The smallest absolute Gasteiger partial charge is 0.313 e. The van der Waals surface area contributed by atoms with E-state index >= 15 is 0 Å². The van der Waals surface area contributed by atoms with Crippen LogP contribution in [0.3, 0.4) is 0 Å². The topological polar surface area (TPSA) is 85.6 Å². The third-order valence-corrected chi connectivity index (χ3v) is 4.35. The van der Waals surface area contributed by atoms with Crippen molar-refractivity contribution in [3.63, 3.8) is 0 Å². The van der Waals surface area contributed by atoms with Crippen LogP contribution in [0.25, 0.3) is 0 Å². The molecule has 0 aliphatic carbocycles. The molecule has 0 aliphatic heterocycles.